The molecule has 0 amide bonds. The summed E-state index contributed by atoms with van der Waals surface area (Å²) < 4.78 is 28.4. The molecule has 0 N–H and O–H groups in total. The van der Waals surface area contributed by atoms with Crippen LogP contribution in [0.4, 0.5) is 0 Å². The molecule has 5 rings (SSSR count). The maximum absolute atomic E-state index is 13.0. The second kappa shape index (κ2) is 8.24. The van der Waals surface area contributed by atoms with Gasteiger partial charge in [-0.2, -0.15) is 0 Å². The van der Waals surface area contributed by atoms with E-state index >= 15 is 0 Å². The van der Waals surface area contributed by atoms with Crippen LogP contribution in [-0.4, -0.2) is 50.9 Å². The lowest BCUT2D eigenvalue weighted by atomic mass is 10.0. The number of hydrogen-bond acceptors (Lipinski definition) is 7. The summed E-state index contributed by atoms with van der Waals surface area (Å²) in [5.74, 6) is 2.73. The molecular formula is C24H25NO6. The Labute approximate surface area is 181 Å². The molecule has 1 atom stereocenters. The zero-order valence-corrected chi connectivity index (χ0v) is 17.7. The number of nitrogens with zero attached hydrogens (tertiary/aromatic N) is 1. The van der Waals surface area contributed by atoms with Crippen LogP contribution in [-0.2, 0) is 11.3 Å². The molecule has 7 nitrogen and oxygen atoms in total. The summed E-state index contributed by atoms with van der Waals surface area (Å²) in [6, 6.07) is 9.11. The van der Waals surface area contributed by atoms with Crippen molar-refractivity contribution >= 4 is 11.9 Å². The summed E-state index contributed by atoms with van der Waals surface area (Å²) in [6.45, 7) is 2.81. The quantitative estimate of drug-likeness (QED) is 0.680. The minimum Gasteiger partial charge on any atom is -0.493 e. The summed E-state index contributed by atoms with van der Waals surface area (Å²) in [6.07, 6.45) is 4.14. The van der Waals surface area contributed by atoms with Gasteiger partial charge in [0.2, 0.25) is 5.78 Å². The van der Waals surface area contributed by atoms with E-state index in [1.165, 1.54) is 0 Å². The molecule has 2 aromatic rings. The van der Waals surface area contributed by atoms with Gasteiger partial charge in [-0.15, -0.1) is 0 Å². The van der Waals surface area contributed by atoms with E-state index in [4.69, 9.17) is 23.7 Å². The number of methoxy groups -OCH3 is 2. The number of fused-ring (bicyclic) bond motifs is 3. The molecule has 2 aromatic carbocycles. The molecule has 7 heteroatoms. The van der Waals surface area contributed by atoms with Gasteiger partial charge in [-0.05, 0) is 48.7 Å². The first-order valence-electron chi connectivity index (χ1n) is 10.4. The largest absolute Gasteiger partial charge is 0.493 e. The van der Waals surface area contributed by atoms with E-state index in [-0.39, 0.29) is 17.6 Å². The number of carbonyl (C=O) groups is 1. The average molecular weight is 423 g/mol. The van der Waals surface area contributed by atoms with Crippen molar-refractivity contribution in [1.82, 2.24) is 4.90 Å². The third-order valence-electron chi connectivity index (χ3n) is 5.87. The highest BCUT2D eigenvalue weighted by Crippen LogP contribution is 2.42. The smallest absolute Gasteiger partial charge is 0.231 e. The fraction of sp³-hybridized carbons (Fsp3) is 0.375. The molecule has 0 saturated carbocycles. The van der Waals surface area contributed by atoms with Crippen molar-refractivity contribution in [2.45, 2.75) is 25.5 Å². The number of allylic oxidation sites excluding steroid dienone is 1. The molecule has 31 heavy (non-hydrogen) atoms. The van der Waals surface area contributed by atoms with Crippen molar-refractivity contribution in [3.8, 4) is 23.0 Å². The lowest BCUT2D eigenvalue weighted by Crippen LogP contribution is -2.37. The van der Waals surface area contributed by atoms with Crippen LogP contribution in [0.15, 0.2) is 36.1 Å². The van der Waals surface area contributed by atoms with Gasteiger partial charge in [0, 0.05) is 19.7 Å². The van der Waals surface area contributed by atoms with E-state index < -0.39 is 0 Å². The predicted octanol–water partition coefficient (Wildman–Crippen LogP) is 3.65. The number of carbonyl (C=O) groups excluding carboxylic acids is 1. The van der Waals surface area contributed by atoms with Crippen molar-refractivity contribution in [1.29, 1.82) is 0 Å². The van der Waals surface area contributed by atoms with Gasteiger partial charge in [0.15, 0.2) is 17.3 Å². The Bertz CT molecular complexity index is 1040. The van der Waals surface area contributed by atoms with Crippen molar-refractivity contribution in [2.24, 2.45) is 0 Å². The molecule has 0 radical (unpaired) electrons. The summed E-state index contributed by atoms with van der Waals surface area (Å²) in [5, 5.41) is 0. The van der Waals surface area contributed by atoms with Gasteiger partial charge in [-0.1, -0.05) is 6.07 Å². The van der Waals surface area contributed by atoms with E-state index in [0.29, 0.717) is 36.1 Å². The highest BCUT2D eigenvalue weighted by atomic mass is 16.5. The van der Waals surface area contributed by atoms with Crippen LogP contribution in [0.25, 0.3) is 6.08 Å². The van der Waals surface area contributed by atoms with Crippen LogP contribution in [0.2, 0.25) is 0 Å². The Balaban J connectivity index is 1.40. The second-order valence-electron chi connectivity index (χ2n) is 7.89. The maximum Gasteiger partial charge on any atom is 0.231 e. The molecule has 1 unspecified atom stereocenters. The normalized spacial score (nSPS) is 21.4. The first kappa shape index (κ1) is 19.9. The molecule has 0 aliphatic carbocycles. The Morgan fingerprint density at radius 2 is 2.03 bits per heavy atom. The van der Waals surface area contributed by atoms with Crippen molar-refractivity contribution in [3.05, 3.63) is 52.8 Å². The van der Waals surface area contributed by atoms with E-state index in [2.05, 4.69) is 4.90 Å². The number of benzene rings is 2. The van der Waals surface area contributed by atoms with E-state index in [1.807, 2.05) is 18.2 Å². The molecule has 162 valence electrons. The fourth-order valence-electron chi connectivity index (χ4n) is 4.29. The van der Waals surface area contributed by atoms with Gasteiger partial charge in [0.1, 0.15) is 18.2 Å². The Morgan fingerprint density at radius 3 is 2.81 bits per heavy atom. The Kier molecular flexibility index (Phi) is 5.29. The van der Waals surface area contributed by atoms with Gasteiger partial charge in [0.25, 0.3) is 0 Å². The molecule has 3 heterocycles. The topological polar surface area (TPSA) is 66.5 Å². The Hall–Kier alpha value is -3.03. The number of hydrogen-bond donors (Lipinski definition) is 0. The second-order valence-corrected chi connectivity index (χ2v) is 7.89. The molecule has 3 aliphatic heterocycles. The highest BCUT2D eigenvalue weighted by Gasteiger charge is 2.34. The minimum atomic E-state index is -0.135. The van der Waals surface area contributed by atoms with Crippen molar-refractivity contribution < 1.29 is 28.5 Å². The molecule has 0 aromatic heterocycles. The van der Waals surface area contributed by atoms with Crippen LogP contribution >= 0.6 is 0 Å². The number of ether oxygens (including phenoxy) is 5. The van der Waals surface area contributed by atoms with Gasteiger partial charge in [-0.25, -0.2) is 0 Å². The van der Waals surface area contributed by atoms with Gasteiger partial charge < -0.3 is 23.7 Å². The summed E-state index contributed by atoms with van der Waals surface area (Å²) in [4.78, 5) is 15.2. The third kappa shape index (κ3) is 3.75. The highest BCUT2D eigenvalue weighted by molar-refractivity contribution is 6.15. The molecule has 0 spiro atoms. The molecule has 0 bridgehead atoms. The average Bonchev–Trinajstić information content (AvgIpc) is 3.42. The Morgan fingerprint density at radius 1 is 1.16 bits per heavy atom. The van der Waals surface area contributed by atoms with Crippen molar-refractivity contribution in [2.75, 3.05) is 34.1 Å². The monoisotopic (exact) mass is 423 g/mol. The van der Waals surface area contributed by atoms with Gasteiger partial charge in [0.05, 0.1) is 31.5 Å². The maximum atomic E-state index is 13.0. The van der Waals surface area contributed by atoms with Gasteiger partial charge >= 0.3 is 0 Å². The molecule has 1 fully saturated rings. The van der Waals surface area contributed by atoms with Crippen LogP contribution in [0.3, 0.4) is 0 Å². The number of Topliss-reactive ketones (excluding diaryl/α,β-unsaturated/α-hetero) is 1. The van der Waals surface area contributed by atoms with Crippen LogP contribution in [0.5, 0.6) is 23.0 Å². The zero-order chi connectivity index (χ0) is 21.4. The summed E-state index contributed by atoms with van der Waals surface area (Å²) >= 11 is 0. The number of rotatable bonds is 5. The van der Waals surface area contributed by atoms with Crippen LogP contribution in [0.1, 0.15) is 34.3 Å². The molecule has 1 saturated heterocycles. The minimum absolute atomic E-state index is 0.135. The summed E-state index contributed by atoms with van der Waals surface area (Å²) in [5.41, 5.74) is 2.26. The fourth-order valence-corrected chi connectivity index (χ4v) is 4.29. The van der Waals surface area contributed by atoms with Crippen molar-refractivity contribution in [3.63, 3.8) is 0 Å². The molecular weight excluding hydrogens is 398 g/mol. The lowest BCUT2D eigenvalue weighted by Gasteiger charge is -2.31. The van der Waals surface area contributed by atoms with Crippen LogP contribution < -0.4 is 18.9 Å². The predicted molar refractivity (Wildman–Crippen MR) is 114 cm³/mol. The number of ketones is 1. The van der Waals surface area contributed by atoms with E-state index in [1.54, 1.807) is 32.4 Å². The lowest BCUT2D eigenvalue weighted by molar-refractivity contribution is 0.0274. The molecule has 3 aliphatic rings. The first-order valence-corrected chi connectivity index (χ1v) is 10.4. The standard InChI is InChI=1S/C24H25NO6/c1-27-20-7-5-15(10-21(20)28-2)11-22-23(26)17-6-8-19-18(24(17)31-22)13-25(14-30-19)12-16-4-3-9-29-16/h5-8,10-11,16H,3-4,9,12-14H2,1-2H3/b22-11-. The van der Waals surface area contributed by atoms with Gasteiger partial charge in [-0.3, -0.25) is 9.69 Å². The van der Waals surface area contributed by atoms with E-state index in [9.17, 15) is 4.79 Å². The SMILES string of the molecule is COc1ccc(/C=C2\Oc3c(ccc4c3CN(CC3CCCO3)CO4)C2=O)cc1OC. The third-order valence-corrected chi connectivity index (χ3v) is 5.87. The first-order chi connectivity index (χ1) is 15.2. The van der Waals surface area contributed by atoms with Crippen LogP contribution in [0, 0.1) is 0 Å². The summed E-state index contributed by atoms with van der Waals surface area (Å²) in [7, 11) is 3.17. The van der Waals surface area contributed by atoms with E-state index in [0.717, 1.165) is 42.9 Å². The zero-order valence-electron chi connectivity index (χ0n) is 17.7.